The number of nitrogens with one attached hydrogen (secondary N) is 1. The van der Waals surface area contributed by atoms with Crippen molar-refractivity contribution in [3.8, 4) is 6.07 Å². The second-order valence-corrected chi connectivity index (χ2v) is 8.25. The van der Waals surface area contributed by atoms with E-state index in [0.717, 1.165) is 42.5 Å². The van der Waals surface area contributed by atoms with Crippen molar-refractivity contribution in [2.24, 2.45) is 5.92 Å². The third kappa shape index (κ3) is 5.26. The molecule has 0 unspecified atom stereocenters. The number of rotatable bonds is 5. The van der Waals surface area contributed by atoms with E-state index in [0.29, 0.717) is 12.8 Å². The van der Waals surface area contributed by atoms with E-state index in [1.54, 1.807) is 0 Å². The van der Waals surface area contributed by atoms with Crippen LogP contribution in [-0.2, 0) is 17.4 Å². The fourth-order valence-corrected chi connectivity index (χ4v) is 4.20. The largest absolute Gasteiger partial charge is 0.417 e. The van der Waals surface area contributed by atoms with E-state index in [2.05, 4.69) is 5.32 Å². The first-order valence-electron chi connectivity index (χ1n) is 10.3. The minimum atomic E-state index is -4.73. The molecule has 1 aliphatic rings. The molecule has 1 saturated carbocycles. The van der Waals surface area contributed by atoms with Crippen LogP contribution in [0.25, 0.3) is 0 Å². The van der Waals surface area contributed by atoms with Crippen molar-refractivity contribution >= 4 is 11.6 Å². The highest BCUT2D eigenvalue weighted by Gasteiger charge is 2.44. The van der Waals surface area contributed by atoms with Crippen LogP contribution in [0.4, 0.5) is 18.9 Å². The average molecular weight is 430 g/mol. The summed E-state index contributed by atoms with van der Waals surface area (Å²) in [4.78, 5) is 13.2. The monoisotopic (exact) mass is 430 g/mol. The smallest absolute Gasteiger partial charge is 0.379 e. The molecule has 2 aromatic rings. The number of hydrogen-bond donors (Lipinski definition) is 2. The molecule has 0 bridgehead atoms. The van der Waals surface area contributed by atoms with Gasteiger partial charge in [0.2, 0.25) is 0 Å². The Bertz CT molecular complexity index is 974. The van der Waals surface area contributed by atoms with Crippen LogP contribution in [0.2, 0.25) is 0 Å². The number of aliphatic hydroxyl groups is 1. The Morgan fingerprint density at radius 3 is 2.35 bits per heavy atom. The molecule has 0 saturated heterocycles. The van der Waals surface area contributed by atoms with Crippen molar-refractivity contribution in [1.29, 1.82) is 5.26 Å². The topological polar surface area (TPSA) is 73.1 Å². The molecule has 2 N–H and O–H groups in total. The number of alkyl halides is 3. The van der Waals surface area contributed by atoms with Gasteiger partial charge in [-0.3, -0.25) is 4.79 Å². The van der Waals surface area contributed by atoms with Gasteiger partial charge in [-0.05, 0) is 49.4 Å². The molecule has 0 aromatic heterocycles. The van der Waals surface area contributed by atoms with E-state index < -0.39 is 28.8 Å². The number of halogens is 3. The molecular weight excluding hydrogens is 405 g/mol. The van der Waals surface area contributed by atoms with E-state index in [4.69, 9.17) is 5.26 Å². The quantitative estimate of drug-likeness (QED) is 0.669. The first-order chi connectivity index (χ1) is 14.6. The fourth-order valence-electron chi connectivity index (χ4n) is 4.20. The molecule has 1 fully saturated rings. The molecule has 1 amide bonds. The van der Waals surface area contributed by atoms with Gasteiger partial charge in [-0.15, -0.1) is 0 Å². The van der Waals surface area contributed by atoms with Gasteiger partial charge in [-0.25, -0.2) is 0 Å². The molecule has 1 atom stereocenters. The highest BCUT2D eigenvalue weighted by Crippen LogP contribution is 2.37. The molecule has 0 heterocycles. The molecule has 0 radical (unpaired) electrons. The Labute approximate surface area is 179 Å². The maximum atomic E-state index is 13.3. The second kappa shape index (κ2) is 9.11. The number of amides is 1. The normalized spacial score (nSPS) is 16.9. The van der Waals surface area contributed by atoms with Crippen LogP contribution in [0.15, 0.2) is 42.5 Å². The summed E-state index contributed by atoms with van der Waals surface area (Å²) in [7, 11) is 0. The van der Waals surface area contributed by atoms with Crippen LogP contribution in [0.5, 0.6) is 0 Å². The van der Waals surface area contributed by atoms with Gasteiger partial charge >= 0.3 is 6.18 Å². The summed E-state index contributed by atoms with van der Waals surface area (Å²) in [6, 6.07) is 12.0. The van der Waals surface area contributed by atoms with E-state index in [1.165, 1.54) is 12.1 Å². The van der Waals surface area contributed by atoms with Crippen molar-refractivity contribution in [3.05, 3.63) is 64.7 Å². The lowest BCUT2D eigenvalue weighted by atomic mass is 9.73. The molecule has 0 spiro atoms. The highest BCUT2D eigenvalue weighted by atomic mass is 19.4. The second-order valence-electron chi connectivity index (χ2n) is 8.25. The minimum Gasteiger partial charge on any atom is -0.379 e. The molecule has 7 heteroatoms. The van der Waals surface area contributed by atoms with Gasteiger partial charge in [0.05, 0.1) is 17.2 Å². The number of carbonyl (C=O) groups is 1. The Morgan fingerprint density at radius 1 is 1.13 bits per heavy atom. The number of carbonyl (C=O) groups excluding carboxylic acids is 1. The SMILES string of the molecule is Cc1ccc(C[C@@](O)(C(=O)Nc2ccc(C#N)c(C(F)(F)F)c2)C2CCCCC2)cc1. The zero-order chi connectivity index (χ0) is 22.6. The summed E-state index contributed by atoms with van der Waals surface area (Å²) in [5, 5.41) is 23.0. The average Bonchev–Trinajstić information content (AvgIpc) is 2.75. The van der Waals surface area contributed by atoms with Gasteiger partial charge in [0.15, 0.2) is 0 Å². The summed E-state index contributed by atoms with van der Waals surface area (Å²) in [6.07, 6.45) is -0.483. The third-order valence-corrected chi connectivity index (χ3v) is 5.97. The maximum absolute atomic E-state index is 13.3. The van der Waals surface area contributed by atoms with Crippen molar-refractivity contribution in [2.75, 3.05) is 5.32 Å². The summed E-state index contributed by atoms with van der Waals surface area (Å²) in [5.74, 6) is -1.01. The van der Waals surface area contributed by atoms with E-state index in [9.17, 15) is 23.1 Å². The summed E-state index contributed by atoms with van der Waals surface area (Å²) < 4.78 is 39.9. The number of nitriles is 1. The lowest BCUT2D eigenvalue weighted by Crippen LogP contribution is -2.51. The van der Waals surface area contributed by atoms with Gasteiger partial charge in [0.25, 0.3) is 5.91 Å². The van der Waals surface area contributed by atoms with Crippen LogP contribution in [-0.4, -0.2) is 16.6 Å². The first-order valence-corrected chi connectivity index (χ1v) is 10.3. The Morgan fingerprint density at radius 2 is 1.77 bits per heavy atom. The summed E-state index contributed by atoms with van der Waals surface area (Å²) in [5.41, 5.74) is -1.66. The molecular formula is C24H25F3N2O2. The Balaban J connectivity index is 1.91. The standard InChI is InChI=1S/C24H25F3N2O2/c1-16-7-9-17(10-8-16)14-23(31,19-5-3-2-4-6-19)22(30)29-20-12-11-18(15-28)21(13-20)24(25,26)27/h7-13,19,31H,2-6,14H2,1H3,(H,29,30)/t23-/m0/s1. The molecule has 1 aliphatic carbocycles. The Kier molecular flexibility index (Phi) is 6.71. The van der Waals surface area contributed by atoms with Gasteiger partial charge in [0.1, 0.15) is 5.60 Å². The van der Waals surface area contributed by atoms with Crippen molar-refractivity contribution < 1.29 is 23.1 Å². The van der Waals surface area contributed by atoms with Gasteiger partial charge in [0, 0.05) is 12.1 Å². The van der Waals surface area contributed by atoms with Gasteiger partial charge in [-0.1, -0.05) is 49.1 Å². The van der Waals surface area contributed by atoms with Gasteiger partial charge < -0.3 is 10.4 Å². The lowest BCUT2D eigenvalue weighted by Gasteiger charge is -2.37. The van der Waals surface area contributed by atoms with E-state index in [-0.39, 0.29) is 18.0 Å². The minimum absolute atomic E-state index is 0.0756. The zero-order valence-corrected chi connectivity index (χ0v) is 17.3. The van der Waals surface area contributed by atoms with Crippen molar-refractivity contribution in [1.82, 2.24) is 0 Å². The molecule has 0 aliphatic heterocycles. The first kappa shape index (κ1) is 22.8. The van der Waals surface area contributed by atoms with Crippen LogP contribution < -0.4 is 5.32 Å². The zero-order valence-electron chi connectivity index (χ0n) is 17.3. The van der Waals surface area contributed by atoms with Crippen LogP contribution in [0.3, 0.4) is 0 Å². The third-order valence-electron chi connectivity index (χ3n) is 5.97. The Hall–Kier alpha value is -2.85. The van der Waals surface area contributed by atoms with Crippen LogP contribution in [0.1, 0.15) is 54.4 Å². The molecule has 2 aromatic carbocycles. The molecule has 164 valence electrons. The van der Waals surface area contributed by atoms with E-state index in [1.807, 2.05) is 31.2 Å². The number of anilines is 1. The summed E-state index contributed by atoms with van der Waals surface area (Å²) >= 11 is 0. The number of nitrogens with zero attached hydrogens (tertiary/aromatic N) is 1. The predicted molar refractivity (Wildman–Crippen MR) is 111 cm³/mol. The van der Waals surface area contributed by atoms with Crippen LogP contribution in [0, 0.1) is 24.2 Å². The van der Waals surface area contributed by atoms with Crippen molar-refractivity contribution in [3.63, 3.8) is 0 Å². The predicted octanol–water partition coefficient (Wildman–Crippen LogP) is 5.38. The molecule has 4 nitrogen and oxygen atoms in total. The number of benzene rings is 2. The number of aryl methyl sites for hydroxylation is 1. The molecule has 31 heavy (non-hydrogen) atoms. The van der Waals surface area contributed by atoms with Crippen LogP contribution >= 0.6 is 0 Å². The summed E-state index contributed by atoms with van der Waals surface area (Å²) in [6.45, 7) is 1.94. The number of hydrogen-bond acceptors (Lipinski definition) is 3. The highest BCUT2D eigenvalue weighted by molar-refractivity contribution is 5.97. The van der Waals surface area contributed by atoms with Gasteiger partial charge in [-0.2, -0.15) is 18.4 Å². The van der Waals surface area contributed by atoms with E-state index >= 15 is 0 Å². The fraction of sp³-hybridized carbons (Fsp3) is 0.417. The lowest BCUT2D eigenvalue weighted by molar-refractivity contribution is -0.142. The maximum Gasteiger partial charge on any atom is 0.417 e. The molecule has 3 rings (SSSR count). The van der Waals surface area contributed by atoms with Crippen molar-refractivity contribution in [2.45, 2.75) is 57.2 Å².